The van der Waals surface area contributed by atoms with Gasteiger partial charge in [0.1, 0.15) is 0 Å². The first-order chi connectivity index (χ1) is 16.2. The number of hydrogen-bond donors (Lipinski definition) is 2. The molecule has 4 aromatic rings. The molecule has 0 aliphatic rings. The number of fused-ring (bicyclic) bond motifs is 3. The number of esters is 1. The zero-order valence-electron chi connectivity index (χ0n) is 19.0. The number of aromatic nitrogens is 1. The lowest BCUT2D eigenvalue weighted by Gasteiger charge is -2.14. The number of anilines is 1. The van der Waals surface area contributed by atoms with Gasteiger partial charge in [-0.3, -0.25) is 4.79 Å². The maximum atomic E-state index is 12.7. The smallest absolute Gasteiger partial charge is 0.338 e. The average molecular weight is 480 g/mol. The fourth-order valence-corrected chi connectivity index (χ4v) is 4.62. The van der Waals surface area contributed by atoms with E-state index in [2.05, 4.69) is 27.6 Å². The number of nitrogens with zero attached hydrogens (tertiary/aromatic N) is 1. The van der Waals surface area contributed by atoms with Gasteiger partial charge in [-0.2, -0.15) is 0 Å². The highest BCUT2D eigenvalue weighted by Crippen LogP contribution is 2.31. The van der Waals surface area contributed by atoms with E-state index in [-0.39, 0.29) is 10.5 Å². The van der Waals surface area contributed by atoms with E-state index in [0.717, 1.165) is 28.4 Å². The third-order valence-corrected chi connectivity index (χ3v) is 7.11. The Morgan fingerprint density at radius 2 is 1.65 bits per heavy atom. The van der Waals surface area contributed by atoms with Crippen LogP contribution in [0.1, 0.15) is 24.2 Å². The summed E-state index contributed by atoms with van der Waals surface area (Å²) in [4.78, 5) is 25.1. The third kappa shape index (κ3) is 4.40. The van der Waals surface area contributed by atoms with Crippen molar-refractivity contribution >= 4 is 49.4 Å². The van der Waals surface area contributed by atoms with Crippen molar-refractivity contribution in [3.63, 3.8) is 0 Å². The van der Waals surface area contributed by atoms with Gasteiger partial charge in [-0.25, -0.2) is 17.9 Å². The van der Waals surface area contributed by atoms with Crippen LogP contribution in [-0.2, 0) is 26.1 Å². The van der Waals surface area contributed by atoms with Crippen LogP contribution in [0.5, 0.6) is 0 Å². The quantitative estimate of drug-likeness (QED) is 0.391. The van der Waals surface area contributed by atoms with E-state index in [1.54, 1.807) is 0 Å². The van der Waals surface area contributed by atoms with E-state index in [0.29, 0.717) is 5.69 Å². The first-order valence-corrected chi connectivity index (χ1v) is 12.3. The van der Waals surface area contributed by atoms with Crippen molar-refractivity contribution in [1.29, 1.82) is 0 Å². The monoisotopic (exact) mass is 479 g/mol. The fourth-order valence-electron chi connectivity index (χ4n) is 3.89. The van der Waals surface area contributed by atoms with Crippen LogP contribution in [-0.4, -0.2) is 38.0 Å². The van der Waals surface area contributed by atoms with E-state index >= 15 is 0 Å². The van der Waals surface area contributed by atoms with E-state index in [9.17, 15) is 18.0 Å². The van der Waals surface area contributed by atoms with E-state index < -0.39 is 28.0 Å². The Morgan fingerprint density at radius 1 is 0.971 bits per heavy atom. The molecular formula is C25H25N3O5S. The molecule has 1 aromatic heterocycles. The second kappa shape index (κ2) is 9.28. The molecule has 1 amide bonds. The highest BCUT2D eigenvalue weighted by Gasteiger charge is 2.20. The molecule has 0 spiro atoms. The minimum atomic E-state index is -3.61. The first-order valence-electron chi connectivity index (χ1n) is 10.8. The molecule has 0 saturated heterocycles. The Kier molecular flexibility index (Phi) is 6.41. The van der Waals surface area contributed by atoms with Crippen molar-refractivity contribution in [2.45, 2.75) is 31.4 Å². The van der Waals surface area contributed by atoms with Crippen LogP contribution in [0.3, 0.4) is 0 Å². The molecule has 0 radical (unpaired) electrons. The lowest BCUT2D eigenvalue weighted by molar-refractivity contribution is -0.123. The van der Waals surface area contributed by atoms with Gasteiger partial charge in [0.2, 0.25) is 10.0 Å². The van der Waals surface area contributed by atoms with Crippen LogP contribution in [0.25, 0.3) is 21.8 Å². The minimum absolute atomic E-state index is 0.0252. The summed E-state index contributed by atoms with van der Waals surface area (Å²) >= 11 is 0. The number of carbonyl (C=O) groups is 2. The van der Waals surface area contributed by atoms with Gasteiger partial charge in [-0.05, 0) is 69.4 Å². The Balaban J connectivity index is 1.48. The number of rotatable bonds is 7. The Morgan fingerprint density at radius 3 is 2.32 bits per heavy atom. The van der Waals surface area contributed by atoms with Crippen LogP contribution in [0.15, 0.2) is 71.6 Å². The molecule has 3 aromatic carbocycles. The zero-order chi connectivity index (χ0) is 24.5. The maximum absolute atomic E-state index is 12.7. The molecule has 1 atom stereocenters. The molecule has 1 heterocycles. The van der Waals surface area contributed by atoms with Crippen LogP contribution >= 0.6 is 0 Å². The second-order valence-electron chi connectivity index (χ2n) is 7.76. The Hall–Kier alpha value is -3.69. The molecule has 8 nitrogen and oxygen atoms in total. The summed E-state index contributed by atoms with van der Waals surface area (Å²) in [6, 6.07) is 19.1. The third-order valence-electron chi connectivity index (χ3n) is 5.68. The predicted octanol–water partition coefficient (Wildman–Crippen LogP) is 3.91. The molecule has 2 N–H and O–H groups in total. The minimum Gasteiger partial charge on any atom is -0.449 e. The molecular weight excluding hydrogens is 454 g/mol. The first kappa shape index (κ1) is 23.5. The number of sulfonamides is 1. The summed E-state index contributed by atoms with van der Waals surface area (Å²) < 4.78 is 33.3. The highest BCUT2D eigenvalue weighted by atomic mass is 32.2. The maximum Gasteiger partial charge on any atom is 0.338 e. The van der Waals surface area contributed by atoms with Gasteiger partial charge in [0.15, 0.2) is 6.10 Å². The Bertz CT molecular complexity index is 1490. The molecule has 9 heteroatoms. The molecule has 1 unspecified atom stereocenters. The topological polar surface area (TPSA) is 106 Å². The number of hydrogen-bond acceptors (Lipinski definition) is 5. The van der Waals surface area contributed by atoms with Crippen LogP contribution < -0.4 is 10.0 Å². The summed E-state index contributed by atoms with van der Waals surface area (Å²) in [5.74, 6) is -1.20. The molecule has 0 bridgehead atoms. The SMILES string of the molecule is CCn1c2ccccc2c2cc(NC(=O)C(C)OC(=O)c3ccc(S(=O)(=O)NC)cc3)ccc21. The van der Waals surface area contributed by atoms with Gasteiger partial charge in [-0.15, -0.1) is 0 Å². The number of amides is 1. The molecule has 0 aliphatic carbocycles. The Labute approximate surface area is 197 Å². The number of nitrogens with one attached hydrogen (secondary N) is 2. The lowest BCUT2D eigenvalue weighted by atomic mass is 10.1. The summed E-state index contributed by atoms with van der Waals surface area (Å²) in [6.45, 7) is 4.39. The second-order valence-corrected chi connectivity index (χ2v) is 9.65. The summed E-state index contributed by atoms with van der Waals surface area (Å²) in [6.07, 6.45) is -1.05. The number of aryl methyl sites for hydroxylation is 1. The summed E-state index contributed by atoms with van der Waals surface area (Å²) in [7, 11) is -2.31. The average Bonchev–Trinajstić information content (AvgIpc) is 3.17. The molecule has 34 heavy (non-hydrogen) atoms. The van der Waals surface area contributed by atoms with E-state index in [4.69, 9.17) is 4.74 Å². The predicted molar refractivity (Wildman–Crippen MR) is 131 cm³/mol. The van der Waals surface area contributed by atoms with Crippen molar-refractivity contribution in [2.75, 3.05) is 12.4 Å². The molecule has 0 fully saturated rings. The largest absolute Gasteiger partial charge is 0.449 e. The normalized spacial score (nSPS) is 12.6. The zero-order valence-corrected chi connectivity index (χ0v) is 19.8. The van der Waals surface area contributed by atoms with Gasteiger partial charge in [0.05, 0.1) is 10.5 Å². The van der Waals surface area contributed by atoms with Crippen LogP contribution in [0, 0.1) is 0 Å². The van der Waals surface area contributed by atoms with Crippen molar-refractivity contribution in [1.82, 2.24) is 9.29 Å². The van der Waals surface area contributed by atoms with E-state index in [1.807, 2.05) is 36.4 Å². The number of ether oxygens (including phenoxy) is 1. The van der Waals surface area contributed by atoms with Crippen molar-refractivity contribution < 1.29 is 22.7 Å². The van der Waals surface area contributed by atoms with Crippen LogP contribution in [0.2, 0.25) is 0 Å². The number of para-hydroxylation sites is 1. The number of benzene rings is 3. The van der Waals surface area contributed by atoms with Crippen molar-refractivity contribution in [3.8, 4) is 0 Å². The lowest BCUT2D eigenvalue weighted by Crippen LogP contribution is -2.30. The molecule has 0 saturated carbocycles. The highest BCUT2D eigenvalue weighted by molar-refractivity contribution is 7.89. The molecule has 176 valence electrons. The molecule has 0 aliphatic heterocycles. The van der Waals surface area contributed by atoms with Crippen molar-refractivity contribution in [3.05, 3.63) is 72.3 Å². The van der Waals surface area contributed by atoms with Crippen LogP contribution in [0.4, 0.5) is 5.69 Å². The molecule has 4 rings (SSSR count). The summed E-state index contributed by atoms with van der Waals surface area (Å²) in [5.41, 5.74) is 2.94. The standard InChI is InChI=1S/C25H25N3O5S/c1-4-28-22-8-6-5-7-20(22)21-15-18(11-14-23(21)28)27-24(29)16(2)33-25(30)17-9-12-19(13-10-17)34(31,32)26-3/h5-16,26H,4H2,1-3H3,(H,27,29). The fraction of sp³-hybridized carbons (Fsp3) is 0.200. The summed E-state index contributed by atoms with van der Waals surface area (Å²) in [5, 5.41) is 4.93. The van der Waals surface area contributed by atoms with Gasteiger partial charge < -0.3 is 14.6 Å². The van der Waals surface area contributed by atoms with Gasteiger partial charge in [0, 0.05) is 34.0 Å². The number of carbonyl (C=O) groups excluding carboxylic acids is 2. The van der Waals surface area contributed by atoms with Gasteiger partial charge >= 0.3 is 5.97 Å². The van der Waals surface area contributed by atoms with E-state index in [1.165, 1.54) is 38.2 Å². The van der Waals surface area contributed by atoms with Crippen molar-refractivity contribution in [2.24, 2.45) is 0 Å². The van der Waals surface area contributed by atoms with Gasteiger partial charge in [0.25, 0.3) is 5.91 Å². The van der Waals surface area contributed by atoms with Gasteiger partial charge in [-0.1, -0.05) is 18.2 Å².